The van der Waals surface area contributed by atoms with Crippen molar-refractivity contribution in [2.24, 2.45) is 0 Å². The van der Waals surface area contributed by atoms with Crippen LogP contribution in [0.15, 0.2) is 29.2 Å². The van der Waals surface area contributed by atoms with Gasteiger partial charge in [0.15, 0.2) is 0 Å². The van der Waals surface area contributed by atoms with Crippen molar-refractivity contribution < 1.29 is 17.9 Å². The second-order valence-corrected chi connectivity index (χ2v) is 9.47. The number of rotatable bonds is 5. The van der Waals surface area contributed by atoms with Gasteiger partial charge in [-0.15, -0.1) is 0 Å². The number of hydrogen-bond acceptors (Lipinski definition) is 4. The van der Waals surface area contributed by atoms with E-state index in [-0.39, 0.29) is 22.9 Å². The average molecular weight is 415 g/mol. The van der Waals surface area contributed by atoms with Crippen LogP contribution in [0, 0.1) is 0 Å². The van der Waals surface area contributed by atoms with E-state index >= 15 is 0 Å². The molecule has 3 rings (SSSR count). The third-order valence-corrected chi connectivity index (χ3v) is 7.56. The molecule has 0 aromatic heterocycles. The maximum absolute atomic E-state index is 12.9. The first-order chi connectivity index (χ1) is 12.9. The molecule has 1 aromatic carbocycles. The molecule has 2 fully saturated rings. The summed E-state index contributed by atoms with van der Waals surface area (Å²) < 4.78 is 32.7. The fraction of sp³-hybridized carbons (Fsp3) is 0.632. The maximum atomic E-state index is 12.9. The molecule has 0 saturated carbocycles. The number of carbonyl (C=O) groups is 1. The number of sulfonamides is 1. The molecule has 2 saturated heterocycles. The molecule has 27 heavy (non-hydrogen) atoms. The molecule has 2 aliphatic heterocycles. The molecule has 2 heterocycles. The molecule has 1 aromatic rings. The SMILES string of the molecule is CCC(=O)N(C1CCOCC1)C1CCN(S(=O)(=O)c2cccc(Cl)c2)CC1. The predicted octanol–water partition coefficient (Wildman–Crippen LogP) is 2.91. The number of piperidine rings is 1. The van der Waals surface area contributed by atoms with Crippen LogP contribution in [-0.4, -0.2) is 61.9 Å². The monoisotopic (exact) mass is 414 g/mol. The highest BCUT2D eigenvalue weighted by Crippen LogP contribution is 2.28. The summed E-state index contributed by atoms with van der Waals surface area (Å²) in [6.45, 7) is 4.07. The largest absolute Gasteiger partial charge is 0.381 e. The van der Waals surface area contributed by atoms with Crippen molar-refractivity contribution in [1.29, 1.82) is 0 Å². The number of halogens is 1. The van der Waals surface area contributed by atoms with Gasteiger partial charge in [0.05, 0.1) is 4.90 Å². The Kier molecular flexibility index (Phi) is 6.78. The van der Waals surface area contributed by atoms with Gasteiger partial charge in [-0.25, -0.2) is 8.42 Å². The van der Waals surface area contributed by atoms with Gasteiger partial charge in [0.1, 0.15) is 0 Å². The van der Waals surface area contributed by atoms with E-state index in [2.05, 4.69) is 0 Å². The second kappa shape index (κ2) is 8.90. The van der Waals surface area contributed by atoms with Gasteiger partial charge in [-0.1, -0.05) is 24.6 Å². The predicted molar refractivity (Wildman–Crippen MR) is 104 cm³/mol. The number of hydrogen-bond donors (Lipinski definition) is 0. The van der Waals surface area contributed by atoms with Crippen molar-refractivity contribution >= 4 is 27.5 Å². The summed E-state index contributed by atoms with van der Waals surface area (Å²) in [7, 11) is -3.56. The minimum atomic E-state index is -3.56. The third-order valence-electron chi connectivity index (χ3n) is 5.43. The van der Waals surface area contributed by atoms with Crippen LogP contribution >= 0.6 is 11.6 Å². The van der Waals surface area contributed by atoms with Crippen molar-refractivity contribution in [1.82, 2.24) is 9.21 Å². The maximum Gasteiger partial charge on any atom is 0.243 e. The lowest BCUT2D eigenvalue weighted by Gasteiger charge is -2.43. The van der Waals surface area contributed by atoms with Crippen LogP contribution in [0.3, 0.4) is 0 Å². The molecule has 0 radical (unpaired) electrons. The molecule has 0 spiro atoms. The summed E-state index contributed by atoms with van der Waals surface area (Å²) in [6.07, 6.45) is 3.49. The lowest BCUT2D eigenvalue weighted by molar-refractivity contribution is -0.139. The first kappa shape index (κ1) is 20.6. The van der Waals surface area contributed by atoms with Gasteiger partial charge in [0.2, 0.25) is 15.9 Å². The average Bonchev–Trinajstić information content (AvgIpc) is 2.69. The molecule has 0 aliphatic carbocycles. The van der Waals surface area contributed by atoms with Crippen LogP contribution in [0.1, 0.15) is 39.0 Å². The zero-order chi connectivity index (χ0) is 19.4. The molecule has 8 heteroatoms. The molecule has 150 valence electrons. The normalized spacial score (nSPS) is 20.5. The van der Waals surface area contributed by atoms with Gasteiger partial charge in [-0.05, 0) is 43.9 Å². The second-order valence-electron chi connectivity index (χ2n) is 7.09. The van der Waals surface area contributed by atoms with E-state index in [0.717, 1.165) is 12.8 Å². The number of amides is 1. The molecule has 6 nitrogen and oxygen atoms in total. The highest BCUT2D eigenvalue weighted by atomic mass is 35.5. The van der Waals surface area contributed by atoms with Crippen molar-refractivity contribution in [3.05, 3.63) is 29.3 Å². The molecular formula is C19H27ClN2O4S. The van der Waals surface area contributed by atoms with Gasteiger partial charge in [-0.2, -0.15) is 4.31 Å². The van der Waals surface area contributed by atoms with E-state index in [4.69, 9.17) is 16.3 Å². The van der Waals surface area contributed by atoms with E-state index in [0.29, 0.717) is 50.6 Å². The fourth-order valence-corrected chi connectivity index (χ4v) is 5.76. The summed E-state index contributed by atoms with van der Waals surface area (Å²) >= 11 is 5.95. The molecule has 0 N–H and O–H groups in total. The molecule has 0 atom stereocenters. The minimum Gasteiger partial charge on any atom is -0.381 e. The summed E-state index contributed by atoms with van der Waals surface area (Å²) in [6, 6.07) is 6.66. The summed E-state index contributed by atoms with van der Waals surface area (Å²) in [5, 5.41) is 0.408. The van der Waals surface area contributed by atoms with Gasteiger partial charge < -0.3 is 9.64 Å². The van der Waals surface area contributed by atoms with Gasteiger partial charge in [0, 0.05) is 49.8 Å². The highest BCUT2D eigenvalue weighted by molar-refractivity contribution is 7.89. The van der Waals surface area contributed by atoms with Crippen LogP contribution in [-0.2, 0) is 19.6 Å². The standard InChI is InChI=1S/C19H27ClN2O4S/c1-2-19(23)22(17-8-12-26-13-9-17)16-6-10-21(11-7-16)27(24,25)18-5-3-4-15(20)14-18/h3-5,14,16-17H,2,6-13H2,1H3. The van der Waals surface area contributed by atoms with Crippen LogP contribution in [0.25, 0.3) is 0 Å². The van der Waals surface area contributed by atoms with Crippen LogP contribution in [0.4, 0.5) is 0 Å². The molecule has 2 aliphatic rings. The summed E-state index contributed by atoms with van der Waals surface area (Å²) in [5.41, 5.74) is 0. The van der Waals surface area contributed by atoms with Crippen molar-refractivity contribution in [3.63, 3.8) is 0 Å². The Hall–Kier alpha value is -1.15. The van der Waals surface area contributed by atoms with E-state index < -0.39 is 10.0 Å². The zero-order valence-electron chi connectivity index (χ0n) is 15.6. The Balaban J connectivity index is 1.70. The Morgan fingerprint density at radius 1 is 1.19 bits per heavy atom. The summed E-state index contributed by atoms with van der Waals surface area (Å²) in [5.74, 6) is 0.151. The number of benzene rings is 1. The van der Waals surface area contributed by atoms with Crippen LogP contribution in [0.2, 0.25) is 5.02 Å². The smallest absolute Gasteiger partial charge is 0.243 e. The fourth-order valence-electron chi connectivity index (χ4n) is 3.99. The Bertz CT molecular complexity index is 757. The Morgan fingerprint density at radius 2 is 1.81 bits per heavy atom. The lowest BCUT2D eigenvalue weighted by Crippen LogP contribution is -2.53. The molecule has 1 amide bonds. The first-order valence-corrected chi connectivity index (χ1v) is 11.4. The molecular weight excluding hydrogens is 388 g/mol. The number of nitrogens with zero attached hydrogens (tertiary/aromatic N) is 2. The van der Waals surface area contributed by atoms with Gasteiger partial charge >= 0.3 is 0 Å². The third kappa shape index (κ3) is 4.65. The van der Waals surface area contributed by atoms with E-state index in [9.17, 15) is 13.2 Å². The molecule has 0 bridgehead atoms. The number of carbonyl (C=O) groups excluding carboxylic acids is 1. The van der Waals surface area contributed by atoms with Gasteiger partial charge in [0.25, 0.3) is 0 Å². The zero-order valence-corrected chi connectivity index (χ0v) is 17.2. The van der Waals surface area contributed by atoms with Crippen LogP contribution < -0.4 is 0 Å². The van der Waals surface area contributed by atoms with E-state index in [1.807, 2.05) is 11.8 Å². The van der Waals surface area contributed by atoms with Gasteiger partial charge in [-0.3, -0.25) is 4.79 Å². The topological polar surface area (TPSA) is 66.9 Å². The summed E-state index contributed by atoms with van der Waals surface area (Å²) in [4.78, 5) is 14.8. The first-order valence-electron chi connectivity index (χ1n) is 9.58. The Morgan fingerprint density at radius 3 is 2.41 bits per heavy atom. The molecule has 0 unspecified atom stereocenters. The van der Waals surface area contributed by atoms with Crippen LogP contribution in [0.5, 0.6) is 0 Å². The van der Waals surface area contributed by atoms with Crippen molar-refractivity contribution in [3.8, 4) is 0 Å². The number of ether oxygens (including phenoxy) is 1. The van der Waals surface area contributed by atoms with E-state index in [1.54, 1.807) is 18.2 Å². The lowest BCUT2D eigenvalue weighted by atomic mass is 9.98. The Labute approximate surface area is 166 Å². The quantitative estimate of drug-likeness (QED) is 0.742. The van der Waals surface area contributed by atoms with Crippen molar-refractivity contribution in [2.45, 2.75) is 56.0 Å². The van der Waals surface area contributed by atoms with Crippen molar-refractivity contribution in [2.75, 3.05) is 26.3 Å². The highest BCUT2D eigenvalue weighted by Gasteiger charge is 2.36. The van der Waals surface area contributed by atoms with E-state index in [1.165, 1.54) is 10.4 Å². The minimum absolute atomic E-state index is 0.0892.